The first-order chi connectivity index (χ1) is 12.8. The Morgan fingerprint density at radius 3 is 3.04 bits per heavy atom. The minimum atomic E-state index is 0.570. The van der Waals surface area contributed by atoms with Gasteiger partial charge in [0.15, 0.2) is 5.82 Å². The first-order valence-electron chi connectivity index (χ1n) is 9.22. The highest BCUT2D eigenvalue weighted by molar-refractivity contribution is 6.31. The normalized spacial score (nSPS) is 17.4. The number of hydrogen-bond acceptors (Lipinski definition) is 5. The average Bonchev–Trinajstić information content (AvgIpc) is 3.41. The van der Waals surface area contributed by atoms with Crippen molar-refractivity contribution in [1.29, 1.82) is 0 Å². The first-order valence-corrected chi connectivity index (χ1v) is 9.59. The Hall–Kier alpha value is -2.18. The summed E-state index contributed by atoms with van der Waals surface area (Å²) in [7, 11) is 0. The van der Waals surface area contributed by atoms with Gasteiger partial charge in [0.05, 0.1) is 0 Å². The van der Waals surface area contributed by atoms with Crippen molar-refractivity contribution >= 4 is 23.1 Å². The van der Waals surface area contributed by atoms with Crippen molar-refractivity contribution in [1.82, 2.24) is 24.5 Å². The summed E-state index contributed by atoms with van der Waals surface area (Å²) in [6.07, 6.45) is 7.22. The molecule has 134 valence electrons. The Morgan fingerprint density at radius 2 is 2.15 bits per heavy atom. The van der Waals surface area contributed by atoms with E-state index in [2.05, 4.69) is 35.9 Å². The SMILES string of the molecule is Clc1cccc2c1CCN(CCNc1nccn3c(C4CC4)nnc13)C2. The van der Waals surface area contributed by atoms with Crippen LogP contribution < -0.4 is 5.32 Å². The molecule has 0 unspecified atom stereocenters. The van der Waals surface area contributed by atoms with Crippen LogP contribution in [0, 0.1) is 0 Å². The van der Waals surface area contributed by atoms with Crippen LogP contribution in [0.3, 0.4) is 0 Å². The highest BCUT2D eigenvalue weighted by atomic mass is 35.5. The lowest BCUT2D eigenvalue weighted by Gasteiger charge is -2.29. The predicted molar refractivity (Wildman–Crippen MR) is 102 cm³/mol. The summed E-state index contributed by atoms with van der Waals surface area (Å²) in [5.74, 6) is 2.45. The van der Waals surface area contributed by atoms with Crippen LogP contribution in [0.25, 0.3) is 5.65 Å². The molecule has 3 aromatic rings. The van der Waals surface area contributed by atoms with Gasteiger partial charge in [-0.3, -0.25) is 9.30 Å². The summed E-state index contributed by atoms with van der Waals surface area (Å²) in [5, 5.41) is 13.0. The van der Waals surface area contributed by atoms with E-state index in [1.165, 1.54) is 24.0 Å². The molecule has 2 aromatic heterocycles. The number of halogens is 1. The maximum Gasteiger partial charge on any atom is 0.203 e. The van der Waals surface area contributed by atoms with Crippen LogP contribution in [0.2, 0.25) is 5.02 Å². The molecule has 1 N–H and O–H groups in total. The van der Waals surface area contributed by atoms with Crippen LogP contribution in [-0.4, -0.2) is 44.1 Å². The fourth-order valence-corrected chi connectivity index (χ4v) is 4.02. The molecule has 7 heteroatoms. The van der Waals surface area contributed by atoms with E-state index >= 15 is 0 Å². The van der Waals surface area contributed by atoms with Gasteiger partial charge in [-0.25, -0.2) is 4.98 Å². The topological polar surface area (TPSA) is 58.4 Å². The summed E-state index contributed by atoms with van der Waals surface area (Å²) in [5.41, 5.74) is 3.47. The largest absolute Gasteiger partial charge is 0.366 e. The smallest absolute Gasteiger partial charge is 0.203 e. The zero-order valence-electron chi connectivity index (χ0n) is 14.5. The van der Waals surface area contributed by atoms with Crippen LogP contribution >= 0.6 is 11.6 Å². The highest BCUT2D eigenvalue weighted by Gasteiger charge is 2.29. The van der Waals surface area contributed by atoms with E-state index in [-0.39, 0.29) is 0 Å². The lowest BCUT2D eigenvalue weighted by Crippen LogP contribution is -2.34. The maximum absolute atomic E-state index is 6.30. The molecule has 0 atom stereocenters. The van der Waals surface area contributed by atoms with Crippen molar-refractivity contribution < 1.29 is 0 Å². The number of nitrogens with one attached hydrogen (secondary N) is 1. The maximum atomic E-state index is 6.30. The van der Waals surface area contributed by atoms with Crippen molar-refractivity contribution in [3.8, 4) is 0 Å². The second-order valence-corrected chi connectivity index (χ2v) is 7.54. The van der Waals surface area contributed by atoms with Crippen LogP contribution in [0.1, 0.15) is 35.7 Å². The Bertz CT molecular complexity index is 948. The molecule has 26 heavy (non-hydrogen) atoms. The molecule has 2 aliphatic rings. The Balaban J connectivity index is 1.24. The van der Waals surface area contributed by atoms with Gasteiger partial charge in [0.2, 0.25) is 5.65 Å². The quantitative estimate of drug-likeness (QED) is 0.749. The Morgan fingerprint density at radius 1 is 1.23 bits per heavy atom. The van der Waals surface area contributed by atoms with Gasteiger partial charge in [-0.15, -0.1) is 10.2 Å². The average molecular weight is 369 g/mol. The van der Waals surface area contributed by atoms with Crippen molar-refractivity contribution in [2.45, 2.75) is 31.7 Å². The fourth-order valence-electron chi connectivity index (χ4n) is 3.73. The number of hydrogen-bond donors (Lipinski definition) is 1. The monoisotopic (exact) mass is 368 g/mol. The summed E-state index contributed by atoms with van der Waals surface area (Å²) in [4.78, 5) is 6.91. The van der Waals surface area contributed by atoms with Gasteiger partial charge in [0, 0.05) is 49.5 Å². The molecule has 0 amide bonds. The molecule has 5 rings (SSSR count). The third-order valence-electron chi connectivity index (χ3n) is 5.30. The molecule has 0 bridgehead atoms. The predicted octanol–water partition coefficient (Wildman–Crippen LogP) is 3.13. The first kappa shape index (κ1) is 16.0. The van der Waals surface area contributed by atoms with Gasteiger partial charge in [0.25, 0.3) is 0 Å². The van der Waals surface area contributed by atoms with Crippen LogP contribution in [0.4, 0.5) is 5.82 Å². The highest BCUT2D eigenvalue weighted by Crippen LogP contribution is 2.39. The molecule has 0 spiro atoms. The van der Waals surface area contributed by atoms with Crippen LogP contribution in [-0.2, 0) is 13.0 Å². The van der Waals surface area contributed by atoms with Crippen LogP contribution in [0.15, 0.2) is 30.6 Å². The fraction of sp³-hybridized carbons (Fsp3) is 0.421. The second-order valence-electron chi connectivity index (χ2n) is 7.13. The van der Waals surface area contributed by atoms with Gasteiger partial charge >= 0.3 is 0 Å². The van der Waals surface area contributed by atoms with Crippen molar-refractivity contribution in [2.75, 3.05) is 25.0 Å². The molecule has 1 aromatic carbocycles. The van der Waals surface area contributed by atoms with Crippen LogP contribution in [0.5, 0.6) is 0 Å². The van der Waals surface area contributed by atoms with E-state index in [1.807, 2.05) is 24.5 Å². The van der Waals surface area contributed by atoms with Gasteiger partial charge in [-0.05, 0) is 36.5 Å². The van der Waals surface area contributed by atoms with Crippen molar-refractivity contribution in [3.63, 3.8) is 0 Å². The molecular formula is C19H21ClN6. The second kappa shape index (κ2) is 6.52. The standard InChI is InChI=1S/C19H21ClN6/c20-16-3-1-2-14-12-25(9-6-15(14)16)10-7-21-17-19-24-23-18(13-4-5-13)26(19)11-8-22-17/h1-3,8,11,13H,4-7,9-10,12H2,(H,21,22). The summed E-state index contributed by atoms with van der Waals surface area (Å²) >= 11 is 6.30. The molecule has 0 radical (unpaired) electrons. The zero-order valence-corrected chi connectivity index (χ0v) is 15.3. The van der Waals surface area contributed by atoms with Crippen molar-refractivity contribution in [2.24, 2.45) is 0 Å². The minimum absolute atomic E-state index is 0.570. The number of rotatable bonds is 5. The molecule has 1 fully saturated rings. The molecule has 1 aliphatic carbocycles. The van der Waals surface area contributed by atoms with Gasteiger partial charge in [-0.1, -0.05) is 23.7 Å². The Labute approximate surface area is 157 Å². The lowest BCUT2D eigenvalue weighted by atomic mass is 10.00. The van der Waals surface area contributed by atoms with Crippen molar-refractivity contribution in [3.05, 3.63) is 52.6 Å². The van der Waals surface area contributed by atoms with E-state index in [9.17, 15) is 0 Å². The molecule has 6 nitrogen and oxygen atoms in total. The van der Waals surface area contributed by atoms with E-state index in [0.717, 1.165) is 54.9 Å². The summed E-state index contributed by atoms with van der Waals surface area (Å²) in [6.45, 7) is 3.77. The summed E-state index contributed by atoms with van der Waals surface area (Å²) in [6, 6.07) is 6.20. The van der Waals surface area contributed by atoms with Gasteiger partial charge < -0.3 is 5.32 Å². The lowest BCUT2D eigenvalue weighted by molar-refractivity contribution is 0.264. The molecule has 1 saturated carbocycles. The van der Waals surface area contributed by atoms with E-state index in [1.54, 1.807) is 0 Å². The molecule has 1 aliphatic heterocycles. The number of benzene rings is 1. The summed E-state index contributed by atoms with van der Waals surface area (Å²) < 4.78 is 2.08. The number of anilines is 1. The third kappa shape index (κ3) is 2.93. The van der Waals surface area contributed by atoms with E-state index in [0.29, 0.717) is 5.92 Å². The molecule has 3 heterocycles. The zero-order chi connectivity index (χ0) is 17.5. The minimum Gasteiger partial charge on any atom is -0.366 e. The number of fused-ring (bicyclic) bond motifs is 2. The van der Waals surface area contributed by atoms with Gasteiger partial charge in [0.1, 0.15) is 5.82 Å². The number of aromatic nitrogens is 4. The van der Waals surface area contributed by atoms with E-state index in [4.69, 9.17) is 11.6 Å². The Kier molecular flexibility index (Phi) is 4.02. The number of nitrogens with zero attached hydrogens (tertiary/aromatic N) is 5. The van der Waals surface area contributed by atoms with Gasteiger partial charge in [-0.2, -0.15) is 0 Å². The molecule has 0 saturated heterocycles. The third-order valence-corrected chi connectivity index (χ3v) is 5.66. The van der Waals surface area contributed by atoms with E-state index < -0.39 is 0 Å². The molecular weight excluding hydrogens is 348 g/mol.